The first-order chi connectivity index (χ1) is 11.9. The van der Waals surface area contributed by atoms with Crippen LogP contribution in [0.5, 0.6) is 5.75 Å². The van der Waals surface area contributed by atoms with E-state index in [-0.39, 0.29) is 11.8 Å². The Balaban J connectivity index is 2.00. The van der Waals surface area contributed by atoms with E-state index in [1.807, 2.05) is 13.0 Å². The van der Waals surface area contributed by atoms with E-state index >= 15 is 0 Å². The van der Waals surface area contributed by atoms with Crippen molar-refractivity contribution < 1.29 is 14.3 Å². The number of anilines is 1. The van der Waals surface area contributed by atoms with Crippen LogP contribution in [0.15, 0.2) is 42.5 Å². The fourth-order valence-electron chi connectivity index (χ4n) is 2.45. The molecule has 0 saturated carbocycles. The van der Waals surface area contributed by atoms with Gasteiger partial charge in [0.1, 0.15) is 5.75 Å². The largest absolute Gasteiger partial charge is 0.497 e. The van der Waals surface area contributed by atoms with Gasteiger partial charge in [-0.3, -0.25) is 9.59 Å². The molecule has 0 fully saturated rings. The van der Waals surface area contributed by atoms with Crippen LogP contribution in [-0.4, -0.2) is 32.0 Å². The number of nitrogens with one attached hydrogen (secondary N) is 1. The zero-order chi connectivity index (χ0) is 18.4. The monoisotopic (exact) mass is 360 g/mol. The van der Waals surface area contributed by atoms with Crippen molar-refractivity contribution in [2.24, 2.45) is 0 Å². The molecule has 2 rings (SSSR count). The minimum Gasteiger partial charge on any atom is -0.497 e. The molecule has 2 amide bonds. The Hall–Kier alpha value is -2.53. The number of carbonyl (C=O) groups is 2. The summed E-state index contributed by atoms with van der Waals surface area (Å²) >= 11 is 6.04. The number of hydrogen-bond acceptors (Lipinski definition) is 3. The average Bonchev–Trinajstić information content (AvgIpc) is 2.60. The van der Waals surface area contributed by atoms with E-state index in [1.54, 1.807) is 48.4 Å². The molecule has 0 aliphatic heterocycles. The van der Waals surface area contributed by atoms with Gasteiger partial charge >= 0.3 is 0 Å². The first kappa shape index (κ1) is 18.8. The van der Waals surface area contributed by atoms with Crippen molar-refractivity contribution in [3.05, 3.63) is 58.6 Å². The number of hydrogen-bond donors (Lipinski definition) is 1. The zero-order valence-corrected chi connectivity index (χ0v) is 15.3. The normalized spacial score (nSPS) is 10.2. The highest BCUT2D eigenvalue weighted by molar-refractivity contribution is 6.31. The van der Waals surface area contributed by atoms with Gasteiger partial charge < -0.3 is 15.0 Å². The van der Waals surface area contributed by atoms with Crippen molar-refractivity contribution in [3.8, 4) is 5.75 Å². The second kappa shape index (κ2) is 8.53. The molecule has 0 heterocycles. The quantitative estimate of drug-likeness (QED) is 0.858. The maximum atomic E-state index is 12.2. The standard InChI is InChI=1S/C19H21ClN2O3/c1-13-4-7-16(20)12-18(13)22(14(2)23)11-10-21-19(24)15-5-8-17(25-3)9-6-15/h4-9,12H,10-11H2,1-3H3,(H,21,24). The van der Waals surface area contributed by atoms with Gasteiger partial charge in [-0.1, -0.05) is 17.7 Å². The van der Waals surface area contributed by atoms with Crippen molar-refractivity contribution in [1.29, 1.82) is 0 Å². The van der Waals surface area contributed by atoms with Gasteiger partial charge in [0.05, 0.1) is 7.11 Å². The number of nitrogens with zero attached hydrogens (tertiary/aromatic N) is 1. The SMILES string of the molecule is COc1ccc(C(=O)NCCN(C(C)=O)c2cc(Cl)ccc2C)cc1. The molecule has 0 aliphatic rings. The fourth-order valence-corrected chi connectivity index (χ4v) is 2.61. The van der Waals surface area contributed by atoms with Crippen LogP contribution in [0.1, 0.15) is 22.8 Å². The highest BCUT2D eigenvalue weighted by atomic mass is 35.5. The minimum absolute atomic E-state index is 0.107. The molecule has 6 heteroatoms. The van der Waals surface area contributed by atoms with Gasteiger partial charge in [0.2, 0.25) is 5.91 Å². The van der Waals surface area contributed by atoms with Crippen LogP contribution in [0.4, 0.5) is 5.69 Å². The van der Waals surface area contributed by atoms with Gasteiger partial charge in [-0.25, -0.2) is 0 Å². The highest BCUT2D eigenvalue weighted by Crippen LogP contribution is 2.24. The lowest BCUT2D eigenvalue weighted by molar-refractivity contribution is -0.116. The highest BCUT2D eigenvalue weighted by Gasteiger charge is 2.15. The van der Waals surface area contributed by atoms with E-state index < -0.39 is 0 Å². The Labute approximate surface area is 152 Å². The van der Waals surface area contributed by atoms with Gasteiger partial charge in [-0.2, -0.15) is 0 Å². The Morgan fingerprint density at radius 2 is 1.84 bits per heavy atom. The molecule has 5 nitrogen and oxygen atoms in total. The molecule has 0 saturated heterocycles. The van der Waals surface area contributed by atoms with E-state index in [1.165, 1.54) is 6.92 Å². The van der Waals surface area contributed by atoms with Crippen molar-refractivity contribution in [2.45, 2.75) is 13.8 Å². The molecule has 1 N–H and O–H groups in total. The number of carbonyl (C=O) groups excluding carboxylic acids is 2. The molecule has 0 radical (unpaired) electrons. The van der Waals surface area contributed by atoms with E-state index in [4.69, 9.17) is 16.3 Å². The van der Waals surface area contributed by atoms with Crippen LogP contribution in [-0.2, 0) is 4.79 Å². The van der Waals surface area contributed by atoms with Gasteiger partial charge in [-0.15, -0.1) is 0 Å². The molecule has 2 aromatic carbocycles. The molecule has 2 aromatic rings. The van der Waals surface area contributed by atoms with Crippen LogP contribution in [0.3, 0.4) is 0 Å². The number of methoxy groups -OCH3 is 1. The second-order valence-corrected chi connectivity index (χ2v) is 6.02. The number of benzene rings is 2. The summed E-state index contributed by atoms with van der Waals surface area (Å²) in [5, 5.41) is 3.38. The predicted octanol–water partition coefficient (Wildman–Crippen LogP) is 3.44. The van der Waals surface area contributed by atoms with Crippen LogP contribution >= 0.6 is 11.6 Å². The van der Waals surface area contributed by atoms with E-state index in [0.717, 1.165) is 11.3 Å². The minimum atomic E-state index is -0.200. The Kier molecular flexibility index (Phi) is 6.42. The van der Waals surface area contributed by atoms with Crippen molar-refractivity contribution in [1.82, 2.24) is 5.32 Å². The molecular weight excluding hydrogens is 340 g/mol. The van der Waals surface area contributed by atoms with Gasteiger partial charge in [-0.05, 0) is 48.9 Å². The zero-order valence-electron chi connectivity index (χ0n) is 14.5. The third kappa shape index (κ3) is 4.97. The van der Waals surface area contributed by atoms with Crippen molar-refractivity contribution in [3.63, 3.8) is 0 Å². The van der Waals surface area contributed by atoms with E-state index in [2.05, 4.69) is 5.32 Å². The lowest BCUT2D eigenvalue weighted by Crippen LogP contribution is -2.37. The summed E-state index contributed by atoms with van der Waals surface area (Å²) in [6.45, 7) is 4.10. The number of halogens is 1. The maximum absolute atomic E-state index is 12.2. The molecule has 0 bridgehead atoms. The predicted molar refractivity (Wildman–Crippen MR) is 99.5 cm³/mol. The van der Waals surface area contributed by atoms with Crippen molar-refractivity contribution >= 4 is 29.1 Å². The molecule has 0 atom stereocenters. The molecule has 0 unspecified atom stereocenters. The van der Waals surface area contributed by atoms with Crippen molar-refractivity contribution in [2.75, 3.05) is 25.1 Å². The third-order valence-electron chi connectivity index (χ3n) is 3.82. The number of rotatable bonds is 6. The lowest BCUT2D eigenvalue weighted by Gasteiger charge is -2.23. The molecule has 0 aromatic heterocycles. The van der Waals surface area contributed by atoms with E-state index in [0.29, 0.717) is 29.4 Å². The number of ether oxygens (including phenoxy) is 1. The van der Waals surface area contributed by atoms with Gasteiger partial charge in [0.15, 0.2) is 0 Å². The van der Waals surface area contributed by atoms with E-state index in [9.17, 15) is 9.59 Å². The Bertz CT molecular complexity index is 760. The molecule has 132 valence electrons. The first-order valence-electron chi connectivity index (χ1n) is 7.89. The summed E-state index contributed by atoms with van der Waals surface area (Å²) in [5.41, 5.74) is 2.23. The summed E-state index contributed by atoms with van der Waals surface area (Å²) < 4.78 is 5.07. The third-order valence-corrected chi connectivity index (χ3v) is 4.05. The maximum Gasteiger partial charge on any atom is 0.251 e. The smallest absolute Gasteiger partial charge is 0.251 e. The topological polar surface area (TPSA) is 58.6 Å². The summed E-state index contributed by atoms with van der Waals surface area (Å²) in [6, 6.07) is 12.2. The fraction of sp³-hybridized carbons (Fsp3) is 0.263. The lowest BCUT2D eigenvalue weighted by atomic mass is 10.1. The summed E-state index contributed by atoms with van der Waals surface area (Å²) in [6.07, 6.45) is 0. The van der Waals surface area contributed by atoms with Crippen LogP contribution in [0.2, 0.25) is 5.02 Å². The first-order valence-corrected chi connectivity index (χ1v) is 8.26. The summed E-state index contributed by atoms with van der Waals surface area (Å²) in [4.78, 5) is 25.8. The number of aryl methyl sites for hydroxylation is 1. The summed E-state index contributed by atoms with van der Waals surface area (Å²) in [7, 11) is 1.57. The summed E-state index contributed by atoms with van der Waals surface area (Å²) in [5.74, 6) is 0.383. The Morgan fingerprint density at radius 1 is 1.16 bits per heavy atom. The van der Waals surface area contributed by atoms with Gasteiger partial charge in [0, 0.05) is 36.3 Å². The van der Waals surface area contributed by atoms with Crippen LogP contribution in [0, 0.1) is 6.92 Å². The van der Waals surface area contributed by atoms with Crippen LogP contribution < -0.4 is 15.0 Å². The molecular formula is C19H21ClN2O3. The second-order valence-electron chi connectivity index (χ2n) is 5.59. The molecule has 25 heavy (non-hydrogen) atoms. The average molecular weight is 361 g/mol. The Morgan fingerprint density at radius 3 is 2.44 bits per heavy atom. The molecule has 0 aliphatic carbocycles. The van der Waals surface area contributed by atoms with Gasteiger partial charge in [0.25, 0.3) is 5.91 Å². The number of amides is 2. The molecule has 0 spiro atoms. The van der Waals surface area contributed by atoms with Crippen LogP contribution in [0.25, 0.3) is 0 Å².